The Kier molecular flexibility index (Phi) is 6.18. The van der Waals surface area contributed by atoms with E-state index in [1.807, 2.05) is 52.6 Å². The summed E-state index contributed by atoms with van der Waals surface area (Å²) >= 11 is 1.81. The van der Waals surface area contributed by atoms with Crippen LogP contribution in [0.25, 0.3) is 0 Å². The maximum absolute atomic E-state index is 13.5. The Morgan fingerprint density at radius 2 is 1.87 bits per heavy atom. The van der Waals surface area contributed by atoms with E-state index in [0.717, 1.165) is 24.2 Å². The minimum absolute atomic E-state index is 0.125. The van der Waals surface area contributed by atoms with Crippen LogP contribution in [0.4, 0.5) is 10.5 Å². The molecule has 0 saturated carbocycles. The largest absolute Gasteiger partial charge is 0.497 e. The lowest BCUT2D eigenvalue weighted by atomic mass is 9.92. The van der Waals surface area contributed by atoms with Crippen LogP contribution < -0.4 is 14.8 Å². The number of methoxy groups -OCH3 is 2. The Hall–Kier alpha value is -2.99. The fourth-order valence-corrected chi connectivity index (χ4v) is 5.82. The molecule has 1 aliphatic rings. The Bertz CT molecular complexity index is 1070. The first-order chi connectivity index (χ1) is 15.1. The maximum atomic E-state index is 13.5. The lowest BCUT2D eigenvalue weighted by molar-refractivity contribution is 0.195. The number of nitrogens with one attached hydrogen (secondary N) is 1. The lowest BCUT2D eigenvalue weighted by Crippen LogP contribution is -2.42. The number of amides is 2. The Morgan fingerprint density at radius 3 is 2.55 bits per heavy atom. The molecule has 0 aliphatic carbocycles. The van der Waals surface area contributed by atoms with Gasteiger partial charge in [0.05, 0.1) is 25.9 Å². The number of urea groups is 1. The van der Waals surface area contributed by atoms with Crippen LogP contribution >= 0.6 is 11.3 Å². The topological polar surface area (TPSA) is 50.8 Å². The van der Waals surface area contributed by atoms with Gasteiger partial charge < -0.3 is 19.7 Å². The number of para-hydroxylation sites is 2. The van der Waals surface area contributed by atoms with E-state index in [2.05, 4.69) is 31.3 Å². The van der Waals surface area contributed by atoms with Gasteiger partial charge in [-0.2, -0.15) is 0 Å². The van der Waals surface area contributed by atoms with E-state index in [4.69, 9.17) is 9.47 Å². The number of carbonyl (C=O) groups is 1. The zero-order chi connectivity index (χ0) is 22.0. The predicted octanol–water partition coefficient (Wildman–Crippen LogP) is 5.82. The number of carbonyl (C=O) groups excluding carboxylic acids is 1. The Balaban J connectivity index is 1.73. The van der Waals surface area contributed by atoms with Crippen molar-refractivity contribution in [2.75, 3.05) is 26.1 Å². The smallest absolute Gasteiger partial charge is 0.322 e. The van der Waals surface area contributed by atoms with E-state index < -0.39 is 0 Å². The SMILES string of the molecule is CCc1c(C)sc2c1CCN(C(=O)Nc1ccccc1OC)[C@H]2c1ccc(OC)cc1. The normalized spacial score (nSPS) is 15.4. The molecule has 3 aromatic rings. The highest BCUT2D eigenvalue weighted by molar-refractivity contribution is 7.12. The molecule has 0 unspecified atom stereocenters. The van der Waals surface area contributed by atoms with E-state index in [1.165, 1.54) is 20.9 Å². The third-order valence-corrected chi connectivity index (χ3v) is 7.15. The molecule has 1 N–H and O–H groups in total. The molecule has 31 heavy (non-hydrogen) atoms. The second-order valence-corrected chi connectivity index (χ2v) is 8.84. The van der Waals surface area contributed by atoms with Crippen molar-refractivity contribution in [3.05, 3.63) is 75.0 Å². The van der Waals surface area contributed by atoms with Crippen molar-refractivity contribution in [1.29, 1.82) is 0 Å². The molecule has 1 aliphatic heterocycles. The number of hydrogen-bond acceptors (Lipinski definition) is 4. The minimum atomic E-state index is -0.131. The molecule has 162 valence electrons. The lowest BCUT2D eigenvalue weighted by Gasteiger charge is -2.36. The van der Waals surface area contributed by atoms with Gasteiger partial charge in [0, 0.05) is 16.3 Å². The fraction of sp³-hybridized carbons (Fsp3) is 0.320. The molecular formula is C25H28N2O3S. The Labute approximate surface area is 187 Å². The van der Waals surface area contributed by atoms with Gasteiger partial charge in [-0.3, -0.25) is 0 Å². The molecule has 5 nitrogen and oxygen atoms in total. The van der Waals surface area contributed by atoms with Crippen molar-refractivity contribution in [3.8, 4) is 11.5 Å². The molecule has 4 rings (SSSR count). The first kappa shape index (κ1) is 21.2. The highest BCUT2D eigenvalue weighted by atomic mass is 32.1. The average Bonchev–Trinajstić information content (AvgIpc) is 3.13. The first-order valence-electron chi connectivity index (χ1n) is 10.5. The summed E-state index contributed by atoms with van der Waals surface area (Å²) in [4.78, 5) is 18.0. The molecule has 0 radical (unpaired) electrons. The number of aryl methyl sites for hydroxylation is 1. The monoisotopic (exact) mass is 436 g/mol. The number of fused-ring (bicyclic) bond motifs is 1. The van der Waals surface area contributed by atoms with Gasteiger partial charge in [0.1, 0.15) is 11.5 Å². The standard InChI is InChI=1S/C25H28N2O3S/c1-5-19-16(2)31-24-20(19)14-15-27(23(24)17-10-12-18(29-3)13-11-17)25(28)26-21-8-6-7-9-22(21)30-4/h6-13,23H,5,14-15H2,1-4H3,(H,26,28)/t23-/m0/s1. The molecule has 1 atom stereocenters. The molecular weight excluding hydrogens is 408 g/mol. The summed E-state index contributed by atoms with van der Waals surface area (Å²) in [7, 11) is 3.27. The van der Waals surface area contributed by atoms with Gasteiger partial charge in [0.15, 0.2) is 0 Å². The van der Waals surface area contributed by atoms with E-state index >= 15 is 0 Å². The van der Waals surface area contributed by atoms with Gasteiger partial charge in [-0.05, 0) is 60.7 Å². The second-order valence-electron chi connectivity index (χ2n) is 7.58. The number of hydrogen-bond donors (Lipinski definition) is 1. The van der Waals surface area contributed by atoms with Crippen LogP contribution in [0.2, 0.25) is 0 Å². The number of anilines is 1. The summed E-state index contributed by atoms with van der Waals surface area (Å²) in [5, 5.41) is 3.06. The van der Waals surface area contributed by atoms with Crippen molar-refractivity contribution in [2.24, 2.45) is 0 Å². The molecule has 2 heterocycles. The molecule has 2 aromatic carbocycles. The highest BCUT2D eigenvalue weighted by Gasteiger charge is 2.35. The predicted molar refractivity (Wildman–Crippen MR) is 126 cm³/mol. The number of nitrogens with zero attached hydrogens (tertiary/aromatic N) is 1. The zero-order valence-electron chi connectivity index (χ0n) is 18.4. The zero-order valence-corrected chi connectivity index (χ0v) is 19.2. The van der Waals surface area contributed by atoms with Crippen molar-refractivity contribution in [2.45, 2.75) is 32.7 Å². The summed E-state index contributed by atoms with van der Waals surface area (Å²) in [5.74, 6) is 1.45. The van der Waals surface area contributed by atoms with Gasteiger partial charge in [-0.15, -0.1) is 11.3 Å². The molecule has 2 amide bonds. The van der Waals surface area contributed by atoms with Crippen LogP contribution in [0.5, 0.6) is 11.5 Å². The average molecular weight is 437 g/mol. The molecule has 0 fully saturated rings. The van der Waals surface area contributed by atoms with Gasteiger partial charge in [-0.25, -0.2) is 4.79 Å². The van der Waals surface area contributed by atoms with Crippen molar-refractivity contribution >= 4 is 23.1 Å². The van der Waals surface area contributed by atoms with Crippen molar-refractivity contribution in [3.63, 3.8) is 0 Å². The third-order valence-electron chi connectivity index (χ3n) is 5.91. The molecule has 1 aromatic heterocycles. The van der Waals surface area contributed by atoms with Gasteiger partial charge in [0.2, 0.25) is 0 Å². The van der Waals surface area contributed by atoms with E-state index in [0.29, 0.717) is 18.0 Å². The summed E-state index contributed by atoms with van der Waals surface area (Å²) in [6, 6.07) is 15.3. The minimum Gasteiger partial charge on any atom is -0.497 e. The number of rotatable bonds is 5. The quantitative estimate of drug-likeness (QED) is 0.549. The van der Waals surface area contributed by atoms with Crippen LogP contribution in [0.3, 0.4) is 0 Å². The van der Waals surface area contributed by atoms with E-state index in [1.54, 1.807) is 14.2 Å². The summed E-state index contributed by atoms with van der Waals surface area (Å²) in [5.41, 5.74) is 4.60. The van der Waals surface area contributed by atoms with Gasteiger partial charge in [-0.1, -0.05) is 31.2 Å². The number of benzene rings is 2. The van der Waals surface area contributed by atoms with E-state index in [-0.39, 0.29) is 12.1 Å². The summed E-state index contributed by atoms with van der Waals surface area (Å²) in [6.45, 7) is 5.05. The van der Waals surface area contributed by atoms with Crippen molar-refractivity contribution < 1.29 is 14.3 Å². The molecule has 0 spiro atoms. The van der Waals surface area contributed by atoms with Gasteiger partial charge >= 0.3 is 6.03 Å². The van der Waals surface area contributed by atoms with Crippen LogP contribution in [-0.4, -0.2) is 31.7 Å². The molecule has 6 heteroatoms. The van der Waals surface area contributed by atoms with Crippen LogP contribution in [0.15, 0.2) is 48.5 Å². The van der Waals surface area contributed by atoms with E-state index in [9.17, 15) is 4.79 Å². The van der Waals surface area contributed by atoms with Crippen LogP contribution in [-0.2, 0) is 12.8 Å². The molecule has 0 saturated heterocycles. The second kappa shape index (κ2) is 9.02. The fourth-order valence-electron chi connectivity index (χ4n) is 4.38. The number of ether oxygens (including phenoxy) is 2. The van der Waals surface area contributed by atoms with Crippen LogP contribution in [0, 0.1) is 6.92 Å². The van der Waals surface area contributed by atoms with Gasteiger partial charge in [0.25, 0.3) is 0 Å². The maximum Gasteiger partial charge on any atom is 0.322 e. The van der Waals surface area contributed by atoms with Crippen LogP contribution in [0.1, 0.15) is 39.4 Å². The number of thiophene rings is 1. The highest BCUT2D eigenvalue weighted by Crippen LogP contribution is 2.43. The Morgan fingerprint density at radius 1 is 1.13 bits per heavy atom. The third kappa shape index (κ3) is 4.00. The first-order valence-corrected chi connectivity index (χ1v) is 11.3. The summed E-state index contributed by atoms with van der Waals surface area (Å²) in [6.07, 6.45) is 1.88. The van der Waals surface area contributed by atoms with Crippen molar-refractivity contribution in [1.82, 2.24) is 4.90 Å². The molecule has 0 bridgehead atoms. The summed E-state index contributed by atoms with van der Waals surface area (Å²) < 4.78 is 10.8.